The normalized spacial score (nSPS) is 19.2. The third-order valence-corrected chi connectivity index (χ3v) is 3.22. The highest BCUT2D eigenvalue weighted by molar-refractivity contribution is 5.78. The predicted octanol–water partition coefficient (Wildman–Crippen LogP) is 0.692. The lowest BCUT2D eigenvalue weighted by Crippen LogP contribution is -2.33. The Morgan fingerprint density at radius 3 is 2.94 bits per heavy atom. The molecule has 0 bridgehead atoms. The Bertz CT molecular complexity index is 360. The summed E-state index contributed by atoms with van der Waals surface area (Å²) in [5.41, 5.74) is 1.03. The standard InChI is InChI=1S/C13H19N3O/c1-16(10-12-4-7-15-9-12)13(17)8-11-2-5-14-6-3-11/h2-3,5-6,12,15H,4,7-10H2,1H3. The van der Waals surface area contributed by atoms with Crippen LogP contribution in [0.3, 0.4) is 0 Å². The first-order valence-electron chi connectivity index (χ1n) is 6.09. The fraction of sp³-hybridized carbons (Fsp3) is 0.538. The maximum absolute atomic E-state index is 12.0. The van der Waals surface area contributed by atoms with Crippen LogP contribution >= 0.6 is 0 Å². The van der Waals surface area contributed by atoms with Gasteiger partial charge in [0.15, 0.2) is 0 Å². The fourth-order valence-electron chi connectivity index (χ4n) is 2.17. The number of hydrogen-bond donors (Lipinski definition) is 1. The summed E-state index contributed by atoms with van der Waals surface area (Å²) in [6, 6.07) is 3.78. The van der Waals surface area contributed by atoms with Gasteiger partial charge < -0.3 is 10.2 Å². The zero-order valence-corrected chi connectivity index (χ0v) is 10.2. The number of rotatable bonds is 4. The van der Waals surface area contributed by atoms with E-state index in [-0.39, 0.29) is 5.91 Å². The van der Waals surface area contributed by atoms with E-state index in [1.807, 2.05) is 24.1 Å². The fourth-order valence-corrected chi connectivity index (χ4v) is 2.17. The van der Waals surface area contributed by atoms with Gasteiger partial charge in [-0.25, -0.2) is 0 Å². The minimum Gasteiger partial charge on any atom is -0.345 e. The van der Waals surface area contributed by atoms with Crippen LogP contribution in [-0.4, -0.2) is 42.5 Å². The van der Waals surface area contributed by atoms with Gasteiger partial charge in [-0.15, -0.1) is 0 Å². The molecule has 1 amide bonds. The maximum atomic E-state index is 12.0. The molecule has 0 radical (unpaired) electrons. The molecule has 1 N–H and O–H groups in total. The summed E-state index contributed by atoms with van der Waals surface area (Å²) >= 11 is 0. The number of likely N-dealkylation sites (N-methyl/N-ethyl adjacent to an activating group) is 1. The van der Waals surface area contributed by atoms with Gasteiger partial charge in [0.05, 0.1) is 6.42 Å². The van der Waals surface area contributed by atoms with Gasteiger partial charge in [0.2, 0.25) is 5.91 Å². The lowest BCUT2D eigenvalue weighted by atomic mass is 10.1. The smallest absolute Gasteiger partial charge is 0.226 e. The first-order chi connectivity index (χ1) is 8.25. The molecule has 1 aliphatic heterocycles. The van der Waals surface area contributed by atoms with Crippen molar-refractivity contribution in [1.29, 1.82) is 0 Å². The molecule has 1 aromatic rings. The van der Waals surface area contributed by atoms with Crippen molar-refractivity contribution < 1.29 is 4.79 Å². The number of hydrogen-bond acceptors (Lipinski definition) is 3. The second-order valence-electron chi connectivity index (χ2n) is 4.67. The van der Waals surface area contributed by atoms with E-state index < -0.39 is 0 Å². The molecule has 1 fully saturated rings. The summed E-state index contributed by atoms with van der Waals surface area (Å²) in [4.78, 5) is 17.8. The molecule has 1 unspecified atom stereocenters. The van der Waals surface area contributed by atoms with E-state index in [0.717, 1.165) is 25.2 Å². The van der Waals surface area contributed by atoms with Crippen LogP contribution in [0.1, 0.15) is 12.0 Å². The zero-order valence-electron chi connectivity index (χ0n) is 10.2. The van der Waals surface area contributed by atoms with E-state index >= 15 is 0 Å². The van der Waals surface area contributed by atoms with Crippen LogP contribution in [0.4, 0.5) is 0 Å². The van der Waals surface area contributed by atoms with Gasteiger partial charge >= 0.3 is 0 Å². The summed E-state index contributed by atoms with van der Waals surface area (Å²) in [5.74, 6) is 0.796. The summed E-state index contributed by atoms with van der Waals surface area (Å²) in [6.07, 6.45) is 5.10. The van der Waals surface area contributed by atoms with E-state index in [0.29, 0.717) is 12.3 Å². The number of carbonyl (C=O) groups is 1. The molecular weight excluding hydrogens is 214 g/mol. The molecule has 92 valence electrons. The number of amides is 1. The molecule has 0 saturated carbocycles. The Balaban J connectivity index is 1.82. The number of nitrogens with one attached hydrogen (secondary N) is 1. The molecule has 1 aliphatic rings. The van der Waals surface area contributed by atoms with Crippen molar-refractivity contribution in [3.8, 4) is 0 Å². The molecule has 1 saturated heterocycles. The van der Waals surface area contributed by atoms with Crippen molar-refractivity contribution in [2.45, 2.75) is 12.8 Å². The van der Waals surface area contributed by atoms with Gasteiger partial charge in [0.1, 0.15) is 0 Å². The van der Waals surface area contributed by atoms with E-state index in [2.05, 4.69) is 10.3 Å². The minimum absolute atomic E-state index is 0.183. The average molecular weight is 233 g/mol. The Labute approximate surface area is 102 Å². The molecular formula is C13H19N3O. The Kier molecular flexibility index (Phi) is 4.09. The minimum atomic E-state index is 0.183. The molecule has 0 aromatic carbocycles. The first kappa shape index (κ1) is 12.0. The molecule has 0 spiro atoms. The van der Waals surface area contributed by atoms with Gasteiger partial charge in [-0.2, -0.15) is 0 Å². The van der Waals surface area contributed by atoms with E-state index in [1.54, 1.807) is 12.4 Å². The quantitative estimate of drug-likeness (QED) is 0.832. The molecule has 1 atom stereocenters. The second kappa shape index (κ2) is 5.77. The molecule has 0 aliphatic carbocycles. The van der Waals surface area contributed by atoms with E-state index in [4.69, 9.17) is 0 Å². The summed E-state index contributed by atoms with van der Waals surface area (Å²) in [5, 5.41) is 3.32. The third kappa shape index (κ3) is 3.53. The number of carbonyl (C=O) groups excluding carboxylic acids is 1. The molecule has 4 heteroatoms. The molecule has 2 heterocycles. The lowest BCUT2D eigenvalue weighted by molar-refractivity contribution is -0.129. The highest BCUT2D eigenvalue weighted by atomic mass is 16.2. The molecule has 4 nitrogen and oxygen atoms in total. The Morgan fingerprint density at radius 2 is 2.29 bits per heavy atom. The highest BCUT2D eigenvalue weighted by Gasteiger charge is 2.19. The average Bonchev–Trinajstić information content (AvgIpc) is 2.83. The SMILES string of the molecule is CN(CC1CCNC1)C(=O)Cc1ccncc1. The van der Waals surface area contributed by atoms with Crippen molar-refractivity contribution >= 4 is 5.91 Å². The van der Waals surface area contributed by atoms with Crippen LogP contribution in [-0.2, 0) is 11.2 Å². The monoisotopic (exact) mass is 233 g/mol. The summed E-state index contributed by atoms with van der Waals surface area (Å²) in [6.45, 7) is 2.97. The van der Waals surface area contributed by atoms with E-state index in [9.17, 15) is 4.79 Å². The van der Waals surface area contributed by atoms with Crippen LogP contribution in [0, 0.1) is 5.92 Å². The molecule has 2 rings (SSSR count). The van der Waals surface area contributed by atoms with Crippen LogP contribution in [0.2, 0.25) is 0 Å². The van der Waals surface area contributed by atoms with Crippen molar-refractivity contribution in [2.75, 3.05) is 26.7 Å². The number of pyridine rings is 1. The van der Waals surface area contributed by atoms with Crippen molar-refractivity contribution in [3.63, 3.8) is 0 Å². The summed E-state index contributed by atoms with van der Waals surface area (Å²) < 4.78 is 0. The van der Waals surface area contributed by atoms with Crippen molar-refractivity contribution in [2.24, 2.45) is 5.92 Å². The number of nitrogens with zero attached hydrogens (tertiary/aromatic N) is 2. The predicted molar refractivity (Wildman–Crippen MR) is 66.6 cm³/mol. The van der Waals surface area contributed by atoms with Crippen LogP contribution in [0.15, 0.2) is 24.5 Å². The Morgan fingerprint density at radius 1 is 1.53 bits per heavy atom. The van der Waals surface area contributed by atoms with Crippen molar-refractivity contribution in [3.05, 3.63) is 30.1 Å². The van der Waals surface area contributed by atoms with Gasteiger partial charge in [0.25, 0.3) is 0 Å². The largest absolute Gasteiger partial charge is 0.345 e. The van der Waals surface area contributed by atoms with Crippen LogP contribution in [0.5, 0.6) is 0 Å². The second-order valence-corrected chi connectivity index (χ2v) is 4.67. The Hall–Kier alpha value is -1.42. The maximum Gasteiger partial charge on any atom is 0.226 e. The third-order valence-electron chi connectivity index (χ3n) is 3.22. The van der Waals surface area contributed by atoms with Gasteiger partial charge in [0, 0.05) is 26.0 Å². The van der Waals surface area contributed by atoms with Crippen LogP contribution < -0.4 is 5.32 Å². The number of aromatic nitrogens is 1. The summed E-state index contributed by atoms with van der Waals surface area (Å²) in [7, 11) is 1.89. The van der Waals surface area contributed by atoms with Crippen molar-refractivity contribution in [1.82, 2.24) is 15.2 Å². The topological polar surface area (TPSA) is 45.2 Å². The van der Waals surface area contributed by atoms with Crippen LogP contribution in [0.25, 0.3) is 0 Å². The van der Waals surface area contributed by atoms with Gasteiger partial charge in [-0.1, -0.05) is 0 Å². The zero-order chi connectivity index (χ0) is 12.1. The highest BCUT2D eigenvalue weighted by Crippen LogP contribution is 2.10. The first-order valence-corrected chi connectivity index (χ1v) is 6.09. The van der Waals surface area contributed by atoms with E-state index in [1.165, 1.54) is 6.42 Å². The molecule has 17 heavy (non-hydrogen) atoms. The lowest BCUT2D eigenvalue weighted by Gasteiger charge is -2.20. The van der Waals surface area contributed by atoms with Gasteiger partial charge in [-0.05, 0) is 43.1 Å². The molecule has 1 aromatic heterocycles. The van der Waals surface area contributed by atoms with Gasteiger partial charge in [-0.3, -0.25) is 9.78 Å².